The molecular formula is C13H14Si. The molecule has 0 amide bonds. The van der Waals surface area contributed by atoms with E-state index >= 15 is 0 Å². The van der Waals surface area contributed by atoms with Gasteiger partial charge in [-0.2, -0.15) is 0 Å². The van der Waals surface area contributed by atoms with Gasteiger partial charge in [0.25, 0.3) is 0 Å². The van der Waals surface area contributed by atoms with E-state index in [4.69, 9.17) is 0 Å². The molecule has 0 atom stereocenters. The maximum absolute atomic E-state index is 2.25. The van der Waals surface area contributed by atoms with E-state index in [1.54, 1.807) is 5.20 Å². The van der Waals surface area contributed by atoms with Gasteiger partial charge in [-0.1, -0.05) is 53.7 Å². The summed E-state index contributed by atoms with van der Waals surface area (Å²) in [6.45, 7) is 4.34. The highest BCUT2D eigenvalue weighted by Crippen LogP contribution is 2.25. The Labute approximate surface area is 88.2 Å². The molecule has 0 aliphatic carbocycles. The molecule has 1 heteroatoms. The second kappa shape index (κ2) is 3.97. The molecule has 0 aromatic heterocycles. The first-order valence-electron chi connectivity index (χ1n) is 5.09. The molecule has 2 rings (SSSR count). The molecule has 1 aliphatic rings. The Morgan fingerprint density at radius 1 is 1.29 bits per heavy atom. The summed E-state index contributed by atoms with van der Waals surface area (Å²) in [6, 6.07) is 8.75. The van der Waals surface area contributed by atoms with Crippen LogP contribution in [0.25, 0.3) is 5.57 Å². The maximum atomic E-state index is 2.25. The molecule has 1 heterocycles. The number of rotatable bonds is 2. The minimum atomic E-state index is 0.889. The van der Waals surface area contributed by atoms with Gasteiger partial charge < -0.3 is 0 Å². The fourth-order valence-corrected chi connectivity index (χ4v) is 3.24. The highest BCUT2D eigenvalue weighted by molar-refractivity contribution is 6.66. The molecule has 0 saturated carbocycles. The Hall–Kier alpha value is -1.08. The minimum Gasteiger partial charge on any atom is -0.0871 e. The average Bonchev–Trinajstić information content (AvgIpc) is 2.58. The van der Waals surface area contributed by atoms with Crippen LogP contribution >= 0.6 is 0 Å². The van der Waals surface area contributed by atoms with Crippen LogP contribution in [0.3, 0.4) is 0 Å². The van der Waals surface area contributed by atoms with Crippen molar-refractivity contribution in [2.24, 2.45) is 0 Å². The lowest BCUT2D eigenvalue weighted by Gasteiger charge is -2.01. The number of fused-ring (bicyclic) bond motifs is 1. The zero-order chi connectivity index (χ0) is 9.97. The quantitative estimate of drug-likeness (QED) is 0.641. The Kier molecular flexibility index (Phi) is 2.68. The Morgan fingerprint density at radius 3 is 2.79 bits per heavy atom. The zero-order valence-electron chi connectivity index (χ0n) is 8.67. The molecule has 0 fully saturated rings. The van der Waals surface area contributed by atoms with Crippen molar-refractivity contribution < 1.29 is 0 Å². The number of benzene rings is 1. The van der Waals surface area contributed by atoms with E-state index in [1.165, 1.54) is 22.7 Å². The second-order valence-corrected chi connectivity index (χ2v) is 4.81. The molecule has 1 aromatic carbocycles. The fourth-order valence-electron chi connectivity index (χ4n) is 1.86. The van der Waals surface area contributed by atoms with Crippen LogP contribution in [-0.2, 0) is 0 Å². The van der Waals surface area contributed by atoms with Gasteiger partial charge >= 0.3 is 0 Å². The largest absolute Gasteiger partial charge is 0.117 e. The molecule has 14 heavy (non-hydrogen) atoms. The van der Waals surface area contributed by atoms with E-state index in [0.29, 0.717) is 0 Å². The van der Waals surface area contributed by atoms with Crippen molar-refractivity contribution in [2.75, 3.05) is 0 Å². The molecule has 0 bridgehead atoms. The van der Waals surface area contributed by atoms with Gasteiger partial charge in [-0.05, 0) is 24.5 Å². The van der Waals surface area contributed by atoms with Gasteiger partial charge in [0, 0.05) is 0 Å². The first-order valence-corrected chi connectivity index (χ1v) is 6.09. The van der Waals surface area contributed by atoms with E-state index in [1.807, 2.05) is 0 Å². The Balaban J connectivity index is 2.50. The van der Waals surface area contributed by atoms with Gasteiger partial charge in [-0.15, -0.1) is 0 Å². The predicted molar refractivity (Wildman–Crippen MR) is 63.9 cm³/mol. The Morgan fingerprint density at radius 2 is 2.07 bits per heavy atom. The first-order chi connectivity index (χ1) is 6.86. The lowest BCUT2D eigenvalue weighted by atomic mass is 10.0. The lowest BCUT2D eigenvalue weighted by Crippen LogP contribution is -2.12. The smallest absolute Gasteiger partial charge is 0.0871 e. The third-order valence-electron chi connectivity index (χ3n) is 2.51. The summed E-state index contributed by atoms with van der Waals surface area (Å²) in [7, 11) is 0.889. The molecule has 0 N–H and O–H groups in total. The average molecular weight is 198 g/mol. The molecule has 1 aliphatic heterocycles. The highest BCUT2D eigenvalue weighted by Gasteiger charge is 2.18. The molecule has 0 nitrogen and oxygen atoms in total. The normalized spacial score (nSPS) is 15.3. The van der Waals surface area contributed by atoms with E-state index in [9.17, 15) is 0 Å². The van der Waals surface area contributed by atoms with E-state index in [-0.39, 0.29) is 0 Å². The van der Waals surface area contributed by atoms with Crippen molar-refractivity contribution in [1.82, 2.24) is 0 Å². The number of hydrogen-bond donors (Lipinski definition) is 0. The summed E-state index contributed by atoms with van der Waals surface area (Å²) in [5.41, 5.74) is 2.91. The van der Waals surface area contributed by atoms with Crippen molar-refractivity contribution in [3.63, 3.8) is 0 Å². The Bertz CT molecular complexity index is 399. The van der Waals surface area contributed by atoms with Crippen molar-refractivity contribution in [3.8, 4) is 0 Å². The summed E-state index contributed by atoms with van der Waals surface area (Å²) in [5.74, 6) is 0. The summed E-state index contributed by atoms with van der Waals surface area (Å²) < 4.78 is 0. The van der Waals surface area contributed by atoms with Crippen LogP contribution in [0.1, 0.15) is 25.8 Å². The van der Waals surface area contributed by atoms with Gasteiger partial charge in [0.15, 0.2) is 0 Å². The summed E-state index contributed by atoms with van der Waals surface area (Å²) in [6.07, 6.45) is 5.56. The molecular weight excluding hydrogens is 184 g/mol. The molecule has 0 spiro atoms. The molecule has 0 saturated heterocycles. The van der Waals surface area contributed by atoms with Gasteiger partial charge in [0.1, 0.15) is 9.52 Å². The molecule has 70 valence electrons. The summed E-state index contributed by atoms with van der Waals surface area (Å²) >= 11 is 0. The maximum Gasteiger partial charge on any atom is 0.117 e. The second-order valence-electron chi connectivity index (χ2n) is 3.42. The fraction of sp³-hybridized carbons (Fsp3) is 0.231. The van der Waals surface area contributed by atoms with Crippen LogP contribution in [0.5, 0.6) is 0 Å². The van der Waals surface area contributed by atoms with Crippen molar-refractivity contribution in [2.45, 2.75) is 20.3 Å². The monoisotopic (exact) mass is 198 g/mol. The van der Waals surface area contributed by atoms with Crippen LogP contribution in [0.4, 0.5) is 0 Å². The topological polar surface area (TPSA) is 0 Å². The van der Waals surface area contributed by atoms with Crippen LogP contribution in [0, 0.1) is 0 Å². The summed E-state index contributed by atoms with van der Waals surface area (Å²) in [5, 5.41) is 3.11. The molecule has 2 radical (unpaired) electrons. The molecule has 0 unspecified atom stereocenters. The highest BCUT2D eigenvalue weighted by atomic mass is 28.2. The summed E-state index contributed by atoms with van der Waals surface area (Å²) in [4.78, 5) is 0. The lowest BCUT2D eigenvalue weighted by molar-refractivity contribution is 1.20. The van der Waals surface area contributed by atoms with Gasteiger partial charge in [0.2, 0.25) is 0 Å². The number of allylic oxidation sites excluding steroid dienone is 4. The third kappa shape index (κ3) is 1.48. The van der Waals surface area contributed by atoms with Crippen LogP contribution in [-0.4, -0.2) is 9.52 Å². The predicted octanol–water partition coefficient (Wildman–Crippen LogP) is 2.73. The van der Waals surface area contributed by atoms with Gasteiger partial charge in [0.05, 0.1) is 0 Å². The van der Waals surface area contributed by atoms with E-state index in [2.05, 4.69) is 50.3 Å². The van der Waals surface area contributed by atoms with Crippen LogP contribution < -0.4 is 5.19 Å². The zero-order valence-corrected chi connectivity index (χ0v) is 9.67. The SMILES string of the molecule is C/C=C\C1=C(CC)[Si]c2ccccc21. The van der Waals surface area contributed by atoms with Crippen LogP contribution in [0.2, 0.25) is 0 Å². The van der Waals surface area contributed by atoms with Crippen molar-refractivity contribution in [1.29, 1.82) is 0 Å². The van der Waals surface area contributed by atoms with Crippen molar-refractivity contribution >= 4 is 20.3 Å². The van der Waals surface area contributed by atoms with Gasteiger partial charge in [-0.3, -0.25) is 0 Å². The third-order valence-corrected chi connectivity index (χ3v) is 4.14. The van der Waals surface area contributed by atoms with E-state index < -0.39 is 0 Å². The first kappa shape index (κ1) is 9.47. The standard InChI is InChI=1S/C13H14Si/c1-3-7-10-11-8-5-6-9-13(11)14-12(10)4-2/h3,5-9H,4H2,1-2H3/b7-3-. The van der Waals surface area contributed by atoms with E-state index in [0.717, 1.165) is 9.52 Å². The number of hydrogen-bond acceptors (Lipinski definition) is 0. The molecule has 1 aromatic rings. The van der Waals surface area contributed by atoms with Crippen molar-refractivity contribution in [3.05, 3.63) is 47.2 Å². The minimum absolute atomic E-state index is 0.889. The van der Waals surface area contributed by atoms with Gasteiger partial charge in [-0.25, -0.2) is 0 Å². The van der Waals surface area contributed by atoms with Crippen LogP contribution in [0.15, 0.2) is 41.6 Å².